The molecule has 6 nitrogen and oxygen atoms in total. The van der Waals surface area contributed by atoms with Gasteiger partial charge in [-0.25, -0.2) is 0 Å². The molecule has 0 atom stereocenters. The van der Waals surface area contributed by atoms with Crippen molar-refractivity contribution in [2.24, 2.45) is 0 Å². The second-order valence-electron chi connectivity index (χ2n) is 4.34. The van der Waals surface area contributed by atoms with Crippen molar-refractivity contribution in [2.75, 3.05) is 26.0 Å². The van der Waals surface area contributed by atoms with Crippen molar-refractivity contribution >= 4 is 16.0 Å². The molecule has 2 N–H and O–H groups in total. The number of unbranched alkanes of at least 4 members (excludes halogenated alkanes) is 4. The Morgan fingerprint density at radius 1 is 1.11 bits per heavy atom. The Labute approximate surface area is 109 Å². The molecule has 0 bridgehead atoms. The molecule has 0 unspecified atom stereocenters. The smallest absolute Gasteiger partial charge is 0.266 e. The molecule has 0 aromatic rings. The van der Waals surface area contributed by atoms with Crippen LogP contribution in [0, 0.1) is 0 Å². The van der Waals surface area contributed by atoms with E-state index in [0.717, 1.165) is 32.1 Å². The summed E-state index contributed by atoms with van der Waals surface area (Å²) in [5.41, 5.74) is 0. The fraction of sp³-hybridized carbons (Fsp3) is 0.909. The van der Waals surface area contributed by atoms with Gasteiger partial charge in [0, 0.05) is 26.6 Å². The third kappa shape index (κ3) is 10.5. The Bertz CT molecular complexity index is 328. The summed E-state index contributed by atoms with van der Waals surface area (Å²) in [4.78, 5) is 12.9. The maximum Gasteiger partial charge on any atom is 0.266 e. The van der Waals surface area contributed by atoms with Crippen LogP contribution in [0.3, 0.4) is 0 Å². The lowest BCUT2D eigenvalue weighted by Gasteiger charge is -2.16. The standard InChI is InChI=1S/C11H23NO5S/c1-12(8-10-18(15,16)17)11(14)7-5-3-2-4-6-9-13/h13H,2-10H2,1H3,(H,15,16,17). The molecule has 0 saturated heterocycles. The zero-order chi connectivity index (χ0) is 14.0. The molecular weight excluding hydrogens is 258 g/mol. The van der Waals surface area contributed by atoms with Gasteiger partial charge >= 0.3 is 0 Å². The molecule has 0 aliphatic carbocycles. The van der Waals surface area contributed by atoms with Crippen molar-refractivity contribution in [3.8, 4) is 0 Å². The van der Waals surface area contributed by atoms with Gasteiger partial charge < -0.3 is 10.0 Å². The molecule has 0 rings (SSSR count). The number of aliphatic hydroxyl groups is 1. The average molecular weight is 281 g/mol. The lowest BCUT2D eigenvalue weighted by atomic mass is 10.1. The summed E-state index contributed by atoms with van der Waals surface area (Å²) in [5, 5.41) is 8.58. The van der Waals surface area contributed by atoms with E-state index in [9.17, 15) is 13.2 Å². The van der Waals surface area contributed by atoms with E-state index in [0.29, 0.717) is 6.42 Å². The van der Waals surface area contributed by atoms with Gasteiger partial charge in [-0.1, -0.05) is 19.3 Å². The number of carbonyl (C=O) groups is 1. The minimum absolute atomic E-state index is 0.0161. The number of hydrogen-bond donors (Lipinski definition) is 2. The highest BCUT2D eigenvalue weighted by molar-refractivity contribution is 7.85. The lowest BCUT2D eigenvalue weighted by Crippen LogP contribution is -2.31. The molecule has 0 aromatic heterocycles. The summed E-state index contributed by atoms with van der Waals surface area (Å²) in [7, 11) is -2.48. The maximum atomic E-state index is 11.6. The van der Waals surface area contributed by atoms with E-state index in [4.69, 9.17) is 9.66 Å². The summed E-state index contributed by atoms with van der Waals surface area (Å²) in [6.45, 7) is 0.222. The second-order valence-corrected chi connectivity index (χ2v) is 5.91. The van der Waals surface area contributed by atoms with Gasteiger partial charge in [0.15, 0.2) is 0 Å². The van der Waals surface area contributed by atoms with Crippen LogP contribution in [0.5, 0.6) is 0 Å². The van der Waals surface area contributed by atoms with E-state index in [-0.39, 0.29) is 19.1 Å². The van der Waals surface area contributed by atoms with E-state index in [1.807, 2.05) is 0 Å². The number of amides is 1. The quantitative estimate of drug-likeness (QED) is 0.453. The third-order valence-electron chi connectivity index (χ3n) is 2.66. The molecular formula is C11H23NO5S. The highest BCUT2D eigenvalue weighted by atomic mass is 32.2. The summed E-state index contributed by atoms with van der Waals surface area (Å²) in [5.74, 6) is -0.535. The average Bonchev–Trinajstić information content (AvgIpc) is 2.29. The van der Waals surface area contributed by atoms with Crippen molar-refractivity contribution in [2.45, 2.75) is 38.5 Å². The van der Waals surface area contributed by atoms with Gasteiger partial charge in [0.05, 0.1) is 5.75 Å². The van der Waals surface area contributed by atoms with Gasteiger partial charge in [0.2, 0.25) is 5.91 Å². The van der Waals surface area contributed by atoms with Crippen molar-refractivity contribution in [1.82, 2.24) is 4.90 Å². The lowest BCUT2D eigenvalue weighted by molar-refractivity contribution is -0.129. The Hall–Kier alpha value is -0.660. The SMILES string of the molecule is CN(CCS(=O)(=O)O)C(=O)CCCCCCCO. The van der Waals surface area contributed by atoms with Crippen LogP contribution in [0.4, 0.5) is 0 Å². The van der Waals surface area contributed by atoms with Crippen molar-refractivity contribution in [3.63, 3.8) is 0 Å². The molecule has 1 amide bonds. The van der Waals surface area contributed by atoms with Gasteiger partial charge in [0.25, 0.3) is 10.1 Å². The number of nitrogens with zero attached hydrogens (tertiary/aromatic N) is 1. The molecule has 0 heterocycles. The first kappa shape index (κ1) is 17.3. The number of hydrogen-bond acceptors (Lipinski definition) is 4. The van der Waals surface area contributed by atoms with Gasteiger partial charge in [-0.2, -0.15) is 8.42 Å². The van der Waals surface area contributed by atoms with Crippen LogP contribution in [0.15, 0.2) is 0 Å². The molecule has 0 radical (unpaired) electrons. The van der Waals surface area contributed by atoms with Gasteiger partial charge in [-0.3, -0.25) is 9.35 Å². The molecule has 0 aromatic carbocycles. The fourth-order valence-corrected chi connectivity index (χ4v) is 1.99. The highest BCUT2D eigenvalue weighted by Crippen LogP contribution is 2.06. The largest absolute Gasteiger partial charge is 0.396 e. The zero-order valence-corrected chi connectivity index (χ0v) is 11.7. The molecule has 7 heteroatoms. The van der Waals surface area contributed by atoms with E-state index in [2.05, 4.69) is 0 Å². The van der Waals surface area contributed by atoms with Crippen molar-refractivity contribution in [1.29, 1.82) is 0 Å². The van der Waals surface area contributed by atoms with E-state index in [1.165, 1.54) is 11.9 Å². The molecule has 108 valence electrons. The Balaban J connectivity index is 3.62. The molecule has 0 saturated carbocycles. The minimum Gasteiger partial charge on any atom is -0.396 e. The third-order valence-corrected chi connectivity index (χ3v) is 3.36. The van der Waals surface area contributed by atoms with Gasteiger partial charge in [-0.05, 0) is 12.8 Å². The van der Waals surface area contributed by atoms with Crippen LogP contribution in [0.2, 0.25) is 0 Å². The van der Waals surface area contributed by atoms with Crippen molar-refractivity contribution < 1.29 is 22.9 Å². The zero-order valence-electron chi connectivity index (χ0n) is 10.8. The fourth-order valence-electron chi connectivity index (χ4n) is 1.49. The first-order valence-corrected chi connectivity index (χ1v) is 7.77. The van der Waals surface area contributed by atoms with Crippen LogP contribution < -0.4 is 0 Å². The van der Waals surface area contributed by atoms with E-state index in [1.54, 1.807) is 0 Å². The molecule has 0 fully saturated rings. The number of carbonyl (C=O) groups excluding carboxylic acids is 1. The normalized spacial score (nSPS) is 11.5. The molecule has 0 spiro atoms. The monoisotopic (exact) mass is 281 g/mol. The second kappa shape index (κ2) is 9.29. The number of aliphatic hydroxyl groups excluding tert-OH is 1. The summed E-state index contributed by atoms with van der Waals surface area (Å²) >= 11 is 0. The summed E-state index contributed by atoms with van der Waals surface area (Å²) < 4.78 is 29.6. The van der Waals surface area contributed by atoms with E-state index < -0.39 is 15.9 Å². The first-order chi connectivity index (χ1) is 8.37. The van der Waals surface area contributed by atoms with Crippen LogP contribution >= 0.6 is 0 Å². The molecule has 18 heavy (non-hydrogen) atoms. The van der Waals surface area contributed by atoms with Crippen LogP contribution in [0.25, 0.3) is 0 Å². The van der Waals surface area contributed by atoms with Crippen molar-refractivity contribution in [3.05, 3.63) is 0 Å². The minimum atomic E-state index is -4.01. The molecule has 0 aliphatic rings. The Morgan fingerprint density at radius 2 is 1.67 bits per heavy atom. The number of rotatable bonds is 10. The topological polar surface area (TPSA) is 94.9 Å². The molecule has 0 aliphatic heterocycles. The maximum absolute atomic E-state index is 11.6. The van der Waals surface area contributed by atoms with E-state index >= 15 is 0 Å². The van der Waals surface area contributed by atoms with Gasteiger partial charge in [0.1, 0.15) is 0 Å². The Morgan fingerprint density at radius 3 is 2.22 bits per heavy atom. The van der Waals surface area contributed by atoms with Crippen LogP contribution in [-0.2, 0) is 14.9 Å². The summed E-state index contributed by atoms with van der Waals surface area (Å²) in [6, 6.07) is 0. The van der Waals surface area contributed by atoms with Gasteiger partial charge in [-0.15, -0.1) is 0 Å². The summed E-state index contributed by atoms with van der Waals surface area (Å²) in [6.07, 6.45) is 4.83. The first-order valence-electron chi connectivity index (χ1n) is 6.17. The van der Waals surface area contributed by atoms with Crippen LogP contribution in [0.1, 0.15) is 38.5 Å². The predicted molar refractivity (Wildman–Crippen MR) is 68.8 cm³/mol. The Kier molecular flexibility index (Phi) is 8.95. The van der Waals surface area contributed by atoms with Crippen LogP contribution in [-0.4, -0.2) is 54.8 Å². The highest BCUT2D eigenvalue weighted by Gasteiger charge is 2.12. The predicted octanol–water partition coefficient (Wildman–Crippen LogP) is 0.665.